The minimum atomic E-state index is -1.54. The van der Waals surface area contributed by atoms with E-state index in [1.165, 1.54) is 0 Å². The first kappa shape index (κ1) is 30.9. The van der Waals surface area contributed by atoms with Crippen LogP contribution >= 0.6 is 0 Å². The number of hydrogen-bond acceptors (Lipinski definition) is 16. The molecule has 16 atom stereocenters. The molecule has 37 heavy (non-hydrogen) atoms. The third kappa shape index (κ3) is 6.75. The van der Waals surface area contributed by atoms with Crippen molar-refractivity contribution >= 4 is 0 Å². The van der Waals surface area contributed by atoms with Gasteiger partial charge < -0.3 is 83.6 Å². The van der Waals surface area contributed by atoms with Gasteiger partial charge in [0.25, 0.3) is 0 Å². The highest BCUT2D eigenvalue weighted by molar-refractivity contribution is 5.01. The Bertz CT molecular complexity index is 715. The lowest BCUT2D eigenvalue weighted by molar-refractivity contribution is -0.330. The van der Waals surface area contributed by atoms with Crippen molar-refractivity contribution < 1.29 is 49.2 Å². The van der Waals surface area contributed by atoms with E-state index in [-0.39, 0.29) is 26.1 Å². The summed E-state index contributed by atoms with van der Waals surface area (Å²) in [5.41, 5.74) is 35.2. The second-order valence-corrected chi connectivity index (χ2v) is 10.1. The second-order valence-electron chi connectivity index (χ2n) is 10.1. The fourth-order valence-electron chi connectivity index (χ4n) is 4.87. The Labute approximate surface area is 215 Å². The lowest BCUT2D eigenvalue weighted by Crippen LogP contribution is -2.68. The number of ether oxygens (including phenoxy) is 5. The van der Waals surface area contributed by atoms with Crippen molar-refractivity contribution in [3.05, 3.63) is 0 Å². The Kier molecular flexibility index (Phi) is 11.0. The fourth-order valence-corrected chi connectivity index (χ4v) is 4.87. The molecule has 0 aromatic carbocycles. The molecule has 17 N–H and O–H groups in total. The monoisotopic (exact) mass is 540 g/mol. The first-order valence-electron chi connectivity index (χ1n) is 12.5. The van der Waals surface area contributed by atoms with Crippen LogP contribution in [0.3, 0.4) is 0 Å². The van der Waals surface area contributed by atoms with Crippen molar-refractivity contribution in [2.45, 2.75) is 111 Å². The Hall–Kier alpha value is -0.640. The highest BCUT2D eigenvalue weighted by Gasteiger charge is 2.51. The van der Waals surface area contributed by atoms with Crippen LogP contribution in [0.1, 0.15) is 13.3 Å². The quantitative estimate of drug-likeness (QED) is 0.129. The van der Waals surface area contributed by atoms with Crippen LogP contribution in [0.5, 0.6) is 0 Å². The molecule has 2 heterocycles. The maximum Gasteiger partial charge on any atom is 0.187 e. The molecule has 15 unspecified atom stereocenters. The van der Waals surface area contributed by atoms with Gasteiger partial charge in [0, 0.05) is 31.2 Å². The largest absolute Gasteiger partial charge is 0.388 e. The summed E-state index contributed by atoms with van der Waals surface area (Å²) in [6, 6.07) is -3.16. The van der Waals surface area contributed by atoms with Crippen LogP contribution in [-0.4, -0.2) is 143 Å². The standard InChI is InChI=1S/C21H44N6O10/c1-6-17(33-5-7(24)3-22)14(30)15(31)21(34-6)37-19-9(26)2-8(25)18(16(19)32)36-20-11(27)13(29)12(28)10(4-23)35-20/h6-21,28-32H,2-5,22-27H2,1H3/t6?,7-,8?,9?,10?,11?,12?,13?,14?,15?,16?,17?,18?,19?,20?,21?/m0/s1. The summed E-state index contributed by atoms with van der Waals surface area (Å²) in [5, 5.41) is 52.7. The highest BCUT2D eigenvalue weighted by Crippen LogP contribution is 2.31. The van der Waals surface area contributed by atoms with E-state index in [1.54, 1.807) is 6.92 Å². The van der Waals surface area contributed by atoms with Gasteiger partial charge in [0.1, 0.15) is 54.9 Å². The van der Waals surface area contributed by atoms with Crippen molar-refractivity contribution in [3.63, 3.8) is 0 Å². The van der Waals surface area contributed by atoms with Gasteiger partial charge in [0.15, 0.2) is 12.6 Å². The third-order valence-corrected chi connectivity index (χ3v) is 7.21. The summed E-state index contributed by atoms with van der Waals surface area (Å²) >= 11 is 0. The van der Waals surface area contributed by atoms with E-state index in [0.717, 1.165) is 0 Å². The lowest BCUT2D eigenvalue weighted by Gasteiger charge is -2.48. The van der Waals surface area contributed by atoms with Gasteiger partial charge in [-0.2, -0.15) is 0 Å². The molecular weight excluding hydrogens is 496 g/mol. The van der Waals surface area contributed by atoms with Crippen molar-refractivity contribution in [2.24, 2.45) is 34.4 Å². The van der Waals surface area contributed by atoms with Crippen LogP contribution in [0.2, 0.25) is 0 Å². The molecule has 0 aromatic rings. The van der Waals surface area contributed by atoms with Crippen LogP contribution in [-0.2, 0) is 23.7 Å². The average Bonchev–Trinajstić information content (AvgIpc) is 2.86. The molecule has 2 aliphatic heterocycles. The number of rotatable bonds is 9. The summed E-state index contributed by atoms with van der Waals surface area (Å²) in [6.45, 7) is 1.74. The number of aliphatic hydroxyl groups is 5. The van der Waals surface area contributed by atoms with Gasteiger partial charge in [-0.15, -0.1) is 0 Å². The molecule has 16 heteroatoms. The zero-order valence-electron chi connectivity index (χ0n) is 20.8. The first-order valence-corrected chi connectivity index (χ1v) is 12.5. The molecular formula is C21H44N6O10. The van der Waals surface area contributed by atoms with Crippen molar-refractivity contribution in [1.29, 1.82) is 0 Å². The maximum atomic E-state index is 11.1. The molecule has 218 valence electrons. The normalized spacial score (nSPS) is 50.1. The minimum Gasteiger partial charge on any atom is -0.388 e. The Balaban J connectivity index is 1.67. The van der Waals surface area contributed by atoms with Gasteiger partial charge in [-0.1, -0.05) is 0 Å². The molecule has 2 saturated heterocycles. The van der Waals surface area contributed by atoms with E-state index in [4.69, 9.17) is 58.1 Å². The Morgan fingerprint density at radius 2 is 1.38 bits per heavy atom. The van der Waals surface area contributed by atoms with Crippen LogP contribution in [0, 0.1) is 0 Å². The van der Waals surface area contributed by atoms with Crippen molar-refractivity contribution in [2.75, 3.05) is 19.7 Å². The van der Waals surface area contributed by atoms with Gasteiger partial charge in [-0.3, -0.25) is 0 Å². The Morgan fingerprint density at radius 3 is 1.95 bits per heavy atom. The molecule has 0 spiro atoms. The summed E-state index contributed by atoms with van der Waals surface area (Å²) < 4.78 is 28.6. The fraction of sp³-hybridized carbons (Fsp3) is 1.00. The summed E-state index contributed by atoms with van der Waals surface area (Å²) in [6.07, 6.45) is -14.3. The zero-order chi connectivity index (χ0) is 27.6. The highest BCUT2D eigenvalue weighted by atomic mass is 16.7. The molecule has 0 amide bonds. The smallest absolute Gasteiger partial charge is 0.187 e. The van der Waals surface area contributed by atoms with E-state index in [1.807, 2.05) is 0 Å². The van der Waals surface area contributed by atoms with Crippen LogP contribution in [0.25, 0.3) is 0 Å². The predicted molar refractivity (Wildman–Crippen MR) is 127 cm³/mol. The molecule has 0 radical (unpaired) electrons. The Morgan fingerprint density at radius 1 is 0.784 bits per heavy atom. The molecule has 3 aliphatic rings. The molecule has 1 saturated carbocycles. The average molecular weight is 541 g/mol. The predicted octanol–water partition coefficient (Wildman–Crippen LogP) is -6.95. The molecule has 0 aromatic heterocycles. The molecule has 3 rings (SSSR count). The van der Waals surface area contributed by atoms with Gasteiger partial charge in [0.05, 0.1) is 18.8 Å². The van der Waals surface area contributed by atoms with E-state index < -0.39 is 97.8 Å². The SMILES string of the molecule is CC1OC(OC2C(N)CC(N)C(OC3OC(CN)C(O)C(O)C3N)C2O)C(O)C(O)C1OC[C@@H](N)CN. The summed E-state index contributed by atoms with van der Waals surface area (Å²) in [5.74, 6) is 0. The zero-order valence-corrected chi connectivity index (χ0v) is 20.8. The maximum absolute atomic E-state index is 11.1. The molecule has 3 fully saturated rings. The lowest BCUT2D eigenvalue weighted by atomic mass is 9.84. The first-order chi connectivity index (χ1) is 17.4. The van der Waals surface area contributed by atoms with Crippen LogP contribution < -0.4 is 34.4 Å². The topological polar surface area (TPSA) is 303 Å². The van der Waals surface area contributed by atoms with E-state index in [9.17, 15) is 25.5 Å². The minimum absolute atomic E-state index is 0.0510. The van der Waals surface area contributed by atoms with Crippen molar-refractivity contribution in [3.8, 4) is 0 Å². The molecule has 0 bridgehead atoms. The van der Waals surface area contributed by atoms with Gasteiger partial charge in [-0.05, 0) is 13.3 Å². The molecule has 1 aliphatic carbocycles. The van der Waals surface area contributed by atoms with Gasteiger partial charge >= 0.3 is 0 Å². The third-order valence-electron chi connectivity index (χ3n) is 7.21. The van der Waals surface area contributed by atoms with Crippen LogP contribution in [0.4, 0.5) is 0 Å². The van der Waals surface area contributed by atoms with E-state index in [0.29, 0.717) is 0 Å². The van der Waals surface area contributed by atoms with Crippen LogP contribution in [0.15, 0.2) is 0 Å². The number of nitrogens with two attached hydrogens (primary N) is 6. The van der Waals surface area contributed by atoms with E-state index in [2.05, 4.69) is 0 Å². The number of hydrogen-bond donors (Lipinski definition) is 11. The van der Waals surface area contributed by atoms with Gasteiger partial charge in [-0.25, -0.2) is 0 Å². The summed E-state index contributed by atoms with van der Waals surface area (Å²) in [4.78, 5) is 0. The van der Waals surface area contributed by atoms with E-state index >= 15 is 0 Å². The van der Waals surface area contributed by atoms with Crippen molar-refractivity contribution in [1.82, 2.24) is 0 Å². The molecule has 16 nitrogen and oxygen atoms in total. The summed E-state index contributed by atoms with van der Waals surface area (Å²) in [7, 11) is 0. The second kappa shape index (κ2) is 13.1. The number of aliphatic hydroxyl groups excluding tert-OH is 5. The van der Waals surface area contributed by atoms with Gasteiger partial charge in [0.2, 0.25) is 0 Å².